The molecule has 1 amide bonds. The zero-order chi connectivity index (χ0) is 26.5. The maximum absolute atomic E-state index is 13.5. The minimum Gasteiger partial charge on any atom is -0.339 e. The molecule has 5 aromatic rings. The third-order valence-electron chi connectivity index (χ3n) is 5.98. The van der Waals surface area contributed by atoms with Gasteiger partial charge in [-0.3, -0.25) is 4.79 Å². The van der Waals surface area contributed by atoms with Crippen molar-refractivity contribution in [3.05, 3.63) is 89.4 Å². The van der Waals surface area contributed by atoms with Crippen LogP contribution in [0.5, 0.6) is 0 Å². The lowest BCUT2D eigenvalue weighted by atomic mass is 9.98. The summed E-state index contributed by atoms with van der Waals surface area (Å²) in [6, 6.07) is 11.0. The van der Waals surface area contributed by atoms with Crippen molar-refractivity contribution in [1.29, 1.82) is 0 Å². The van der Waals surface area contributed by atoms with E-state index >= 15 is 0 Å². The number of alkyl halides is 6. The molecular weight excluding hydrogens is 498 g/mol. The monoisotopic (exact) mass is 514 g/mol. The topological polar surface area (TPSA) is 70.7 Å². The van der Waals surface area contributed by atoms with Gasteiger partial charge < -0.3 is 10.3 Å². The Morgan fingerprint density at radius 2 is 1.68 bits per heavy atom. The second-order valence-corrected chi connectivity index (χ2v) is 8.41. The molecule has 2 N–H and O–H groups in total. The van der Waals surface area contributed by atoms with Crippen molar-refractivity contribution in [1.82, 2.24) is 15.0 Å². The highest BCUT2D eigenvalue weighted by atomic mass is 19.4. The lowest BCUT2D eigenvalue weighted by Crippen LogP contribution is -2.20. The number of halogens is 6. The Morgan fingerprint density at radius 1 is 0.892 bits per heavy atom. The average Bonchev–Trinajstić information content (AvgIpc) is 3.21. The van der Waals surface area contributed by atoms with Gasteiger partial charge >= 0.3 is 12.4 Å². The summed E-state index contributed by atoms with van der Waals surface area (Å²) in [6.07, 6.45) is -6.85. The number of anilines is 1. The molecule has 0 fully saturated rings. The molecule has 0 atom stereocenters. The Labute approximate surface area is 205 Å². The number of aryl methyl sites for hydroxylation is 1. The smallest absolute Gasteiger partial charge is 0.339 e. The van der Waals surface area contributed by atoms with Crippen molar-refractivity contribution < 1.29 is 31.1 Å². The third-order valence-corrected chi connectivity index (χ3v) is 5.98. The van der Waals surface area contributed by atoms with E-state index in [0.717, 1.165) is 27.4 Å². The van der Waals surface area contributed by atoms with Crippen LogP contribution in [-0.4, -0.2) is 20.9 Å². The molecule has 37 heavy (non-hydrogen) atoms. The van der Waals surface area contributed by atoms with Gasteiger partial charge in [0.25, 0.3) is 5.91 Å². The van der Waals surface area contributed by atoms with Gasteiger partial charge in [0.1, 0.15) is 12.0 Å². The first-order valence-corrected chi connectivity index (χ1v) is 10.8. The maximum Gasteiger partial charge on any atom is 0.417 e. The van der Waals surface area contributed by atoms with Crippen LogP contribution in [0, 0.1) is 6.92 Å². The fourth-order valence-electron chi connectivity index (χ4n) is 4.16. The Balaban J connectivity index is 1.53. The molecule has 0 aliphatic heterocycles. The average molecular weight is 514 g/mol. The zero-order valence-corrected chi connectivity index (χ0v) is 18.9. The number of hydrogen-bond donors (Lipinski definition) is 2. The van der Waals surface area contributed by atoms with E-state index in [9.17, 15) is 31.1 Å². The van der Waals surface area contributed by atoms with E-state index in [1.165, 1.54) is 12.4 Å². The van der Waals surface area contributed by atoms with Gasteiger partial charge in [-0.1, -0.05) is 12.1 Å². The van der Waals surface area contributed by atoms with Crippen LogP contribution in [0.2, 0.25) is 0 Å². The van der Waals surface area contributed by atoms with Crippen LogP contribution in [0.25, 0.3) is 33.1 Å². The number of aromatic amines is 1. The predicted octanol–water partition coefficient (Wildman–Crippen LogP) is 7.38. The molecule has 3 aromatic carbocycles. The molecular formula is C26H16F6N4O. The second kappa shape index (κ2) is 8.61. The first-order chi connectivity index (χ1) is 17.4. The Morgan fingerprint density at radius 3 is 2.41 bits per heavy atom. The normalized spacial score (nSPS) is 12.3. The summed E-state index contributed by atoms with van der Waals surface area (Å²) in [5.41, 5.74) is -0.103. The minimum absolute atomic E-state index is 0.124. The number of aromatic nitrogens is 3. The van der Waals surface area contributed by atoms with Gasteiger partial charge in [0.15, 0.2) is 0 Å². The molecule has 0 aliphatic carbocycles. The van der Waals surface area contributed by atoms with Crippen molar-refractivity contribution in [3.8, 4) is 11.1 Å². The first kappa shape index (κ1) is 24.3. The highest BCUT2D eigenvalue weighted by molar-refractivity contribution is 6.08. The SMILES string of the molecule is Cc1ccc(NC(=O)c2cc(C(F)(F)F)ccc2C(F)(F)F)cc1-c1ccc2[nH]c3ncncc3c2c1. The summed E-state index contributed by atoms with van der Waals surface area (Å²) in [7, 11) is 0. The summed E-state index contributed by atoms with van der Waals surface area (Å²) >= 11 is 0. The van der Waals surface area contributed by atoms with E-state index in [-0.39, 0.29) is 17.8 Å². The largest absolute Gasteiger partial charge is 0.417 e. The zero-order valence-electron chi connectivity index (χ0n) is 18.9. The van der Waals surface area contributed by atoms with E-state index in [4.69, 9.17) is 0 Å². The van der Waals surface area contributed by atoms with Crippen molar-refractivity contribution >= 4 is 33.5 Å². The Bertz CT molecular complexity index is 1670. The quantitative estimate of drug-likeness (QED) is 0.247. The number of carbonyl (C=O) groups is 1. The molecule has 0 bridgehead atoms. The first-order valence-electron chi connectivity index (χ1n) is 10.8. The van der Waals surface area contributed by atoms with Gasteiger partial charge in [-0.15, -0.1) is 0 Å². The molecule has 0 unspecified atom stereocenters. The molecule has 5 nitrogen and oxygen atoms in total. The summed E-state index contributed by atoms with van der Waals surface area (Å²) in [5, 5.41) is 3.96. The highest BCUT2D eigenvalue weighted by Crippen LogP contribution is 2.37. The van der Waals surface area contributed by atoms with Gasteiger partial charge in [0.05, 0.1) is 16.7 Å². The molecule has 188 valence electrons. The van der Waals surface area contributed by atoms with E-state index in [1.807, 2.05) is 25.1 Å². The van der Waals surface area contributed by atoms with Crippen LogP contribution in [0.15, 0.2) is 67.1 Å². The number of nitrogens with one attached hydrogen (secondary N) is 2. The lowest BCUT2D eigenvalue weighted by molar-refractivity contribution is -0.141. The molecule has 5 rings (SSSR count). The van der Waals surface area contributed by atoms with Crippen LogP contribution >= 0.6 is 0 Å². The van der Waals surface area contributed by atoms with Crippen molar-refractivity contribution in [2.75, 3.05) is 5.32 Å². The molecule has 11 heteroatoms. The lowest BCUT2D eigenvalue weighted by Gasteiger charge is -2.16. The molecule has 0 radical (unpaired) electrons. The number of H-pyrrole nitrogens is 1. The molecule has 0 aliphatic rings. The molecule has 2 aromatic heterocycles. The van der Waals surface area contributed by atoms with E-state index in [1.54, 1.807) is 18.3 Å². The van der Waals surface area contributed by atoms with Crippen molar-refractivity contribution in [2.45, 2.75) is 19.3 Å². The molecule has 0 saturated carbocycles. The maximum atomic E-state index is 13.5. The summed E-state index contributed by atoms with van der Waals surface area (Å²) in [4.78, 5) is 24.2. The third kappa shape index (κ3) is 4.59. The summed E-state index contributed by atoms with van der Waals surface area (Å²) in [6.45, 7) is 1.82. The second-order valence-electron chi connectivity index (χ2n) is 8.41. The fraction of sp³-hybridized carbons (Fsp3) is 0.115. The number of nitrogens with zero attached hydrogens (tertiary/aromatic N) is 2. The number of carbonyl (C=O) groups excluding carboxylic acids is 1. The van der Waals surface area contributed by atoms with Crippen molar-refractivity contribution in [2.24, 2.45) is 0 Å². The molecule has 0 spiro atoms. The van der Waals surface area contributed by atoms with Gasteiger partial charge in [-0.2, -0.15) is 26.3 Å². The standard InChI is InChI=1S/C26H16F6N4O/c1-13-2-5-16(35-24(37)19-9-15(25(27,28)29)4-6-21(19)26(30,31)32)10-17(13)14-3-7-22-18(8-14)20-11-33-12-34-23(20)36-22/h2-12H,1H3,(H,35,37)(H,33,34,36). The van der Waals surface area contributed by atoms with Crippen LogP contribution < -0.4 is 5.32 Å². The highest BCUT2D eigenvalue weighted by Gasteiger charge is 2.38. The fourth-order valence-corrected chi connectivity index (χ4v) is 4.16. The van der Waals surface area contributed by atoms with Gasteiger partial charge in [0, 0.05) is 28.2 Å². The number of amides is 1. The van der Waals surface area contributed by atoms with Crippen LogP contribution in [0.3, 0.4) is 0 Å². The Kier molecular flexibility index (Phi) is 5.65. The van der Waals surface area contributed by atoms with Gasteiger partial charge in [0.2, 0.25) is 0 Å². The van der Waals surface area contributed by atoms with E-state index in [0.29, 0.717) is 17.3 Å². The van der Waals surface area contributed by atoms with E-state index in [2.05, 4.69) is 20.3 Å². The number of fused-ring (bicyclic) bond motifs is 3. The molecule has 2 heterocycles. The minimum atomic E-state index is -5.02. The Hall–Kier alpha value is -4.41. The number of benzene rings is 3. The summed E-state index contributed by atoms with van der Waals surface area (Å²) < 4.78 is 79.8. The van der Waals surface area contributed by atoms with Gasteiger partial charge in [-0.25, -0.2) is 9.97 Å². The van der Waals surface area contributed by atoms with Crippen LogP contribution in [0.1, 0.15) is 27.0 Å². The van der Waals surface area contributed by atoms with Crippen LogP contribution in [-0.2, 0) is 12.4 Å². The molecule has 0 saturated heterocycles. The van der Waals surface area contributed by atoms with Gasteiger partial charge in [-0.05, 0) is 66.1 Å². The predicted molar refractivity (Wildman–Crippen MR) is 126 cm³/mol. The van der Waals surface area contributed by atoms with Crippen molar-refractivity contribution in [3.63, 3.8) is 0 Å². The van der Waals surface area contributed by atoms with E-state index < -0.39 is 35.0 Å². The number of rotatable bonds is 3. The van der Waals surface area contributed by atoms with Crippen LogP contribution in [0.4, 0.5) is 32.0 Å². The number of hydrogen-bond acceptors (Lipinski definition) is 3. The summed E-state index contributed by atoms with van der Waals surface area (Å²) in [5.74, 6) is -1.31.